The van der Waals surface area contributed by atoms with Crippen LogP contribution < -0.4 is 29.6 Å². The van der Waals surface area contributed by atoms with E-state index in [9.17, 15) is 18.1 Å². The third-order valence-corrected chi connectivity index (χ3v) is 7.03. The summed E-state index contributed by atoms with van der Waals surface area (Å²) < 4.78 is 34.5. The Labute approximate surface area is 204 Å². The molecular formula is C23H47NaO4S. The van der Waals surface area contributed by atoms with Crippen LogP contribution in [0.25, 0.3) is 0 Å². The molecule has 4 nitrogen and oxygen atoms in total. The van der Waals surface area contributed by atoms with Crippen molar-refractivity contribution in [1.29, 1.82) is 0 Å². The number of aliphatic hydroxyl groups excluding tert-OH is 1. The Bertz CT molecular complexity index is 429. The number of rotatable bonds is 21. The van der Waals surface area contributed by atoms with Crippen molar-refractivity contribution in [2.45, 2.75) is 147 Å². The molecule has 0 aromatic heterocycles. The smallest absolute Gasteiger partial charge is 0.748 e. The molecule has 0 saturated heterocycles. The molecule has 29 heavy (non-hydrogen) atoms. The van der Waals surface area contributed by atoms with Crippen LogP contribution in [-0.4, -0.2) is 29.4 Å². The largest absolute Gasteiger partial charge is 1.00 e. The van der Waals surface area contributed by atoms with E-state index in [1.54, 1.807) is 0 Å². The maximum Gasteiger partial charge on any atom is 1.00 e. The molecule has 0 aliphatic carbocycles. The summed E-state index contributed by atoms with van der Waals surface area (Å²) in [6.07, 6.45) is 19.3. The minimum absolute atomic E-state index is 0. The monoisotopic (exact) mass is 442 g/mol. The summed E-state index contributed by atoms with van der Waals surface area (Å²) in [7, 11) is -4.16. The first-order chi connectivity index (χ1) is 13.4. The topological polar surface area (TPSA) is 77.4 Å². The molecule has 0 bridgehead atoms. The molecule has 2 unspecified atom stereocenters. The van der Waals surface area contributed by atoms with Gasteiger partial charge in [-0.2, -0.15) is 0 Å². The molecule has 2 atom stereocenters. The van der Waals surface area contributed by atoms with Gasteiger partial charge in [0.15, 0.2) is 0 Å². The fourth-order valence-electron chi connectivity index (χ4n) is 3.81. The molecule has 0 radical (unpaired) electrons. The van der Waals surface area contributed by atoms with Gasteiger partial charge in [-0.25, -0.2) is 8.42 Å². The van der Waals surface area contributed by atoms with Gasteiger partial charge in [-0.3, -0.25) is 0 Å². The number of aliphatic hydroxyl groups is 1. The number of unbranched alkanes of at least 4 members (excludes halogenated alkanes) is 12. The molecule has 0 aliphatic heterocycles. The average Bonchev–Trinajstić information content (AvgIpc) is 2.64. The second-order valence-corrected chi connectivity index (χ2v) is 10.2. The van der Waals surface area contributed by atoms with Gasteiger partial charge < -0.3 is 9.66 Å². The van der Waals surface area contributed by atoms with Crippen molar-refractivity contribution in [1.82, 2.24) is 0 Å². The van der Waals surface area contributed by atoms with E-state index in [1.165, 1.54) is 25.7 Å². The van der Waals surface area contributed by atoms with Crippen LogP contribution in [0.4, 0.5) is 0 Å². The summed E-state index contributed by atoms with van der Waals surface area (Å²) in [6.45, 7) is 4.34. The number of hydrogen-bond acceptors (Lipinski definition) is 4. The molecule has 0 rings (SSSR count). The summed E-state index contributed by atoms with van der Waals surface area (Å²) in [6, 6.07) is 0. The fourth-order valence-corrected chi connectivity index (χ4v) is 4.72. The first kappa shape index (κ1) is 32.1. The van der Waals surface area contributed by atoms with Crippen molar-refractivity contribution in [2.75, 3.05) is 0 Å². The Balaban J connectivity index is 0. The quantitative estimate of drug-likeness (QED) is 0.167. The zero-order valence-electron chi connectivity index (χ0n) is 19.7. The van der Waals surface area contributed by atoms with Gasteiger partial charge in [0.25, 0.3) is 0 Å². The van der Waals surface area contributed by atoms with Crippen LogP contribution in [0.3, 0.4) is 0 Å². The van der Waals surface area contributed by atoms with E-state index in [0.717, 1.165) is 83.5 Å². The van der Waals surface area contributed by atoms with Crippen LogP contribution in [0.1, 0.15) is 136 Å². The SMILES string of the molecule is CCCCCCCCCC(CCCCCCCCC(O)CCCC)S(=O)(=O)[O-].[Na+]. The third kappa shape index (κ3) is 21.9. The van der Waals surface area contributed by atoms with Crippen LogP contribution in [0, 0.1) is 0 Å². The van der Waals surface area contributed by atoms with E-state index in [1.807, 2.05) is 0 Å². The van der Waals surface area contributed by atoms with Crippen LogP contribution in [0.2, 0.25) is 0 Å². The molecule has 0 spiro atoms. The minimum Gasteiger partial charge on any atom is -0.748 e. The summed E-state index contributed by atoms with van der Waals surface area (Å²) in [4.78, 5) is 0. The van der Waals surface area contributed by atoms with Crippen LogP contribution in [0.15, 0.2) is 0 Å². The minimum atomic E-state index is -4.16. The molecule has 0 amide bonds. The van der Waals surface area contributed by atoms with Crippen molar-refractivity contribution in [3.05, 3.63) is 0 Å². The van der Waals surface area contributed by atoms with Crippen LogP contribution >= 0.6 is 0 Å². The average molecular weight is 443 g/mol. The summed E-state index contributed by atoms with van der Waals surface area (Å²) in [5.41, 5.74) is 0. The molecular weight excluding hydrogens is 395 g/mol. The zero-order valence-corrected chi connectivity index (χ0v) is 22.5. The molecule has 6 heteroatoms. The fraction of sp³-hybridized carbons (Fsp3) is 1.00. The van der Waals surface area contributed by atoms with Crippen molar-refractivity contribution < 1.29 is 47.6 Å². The van der Waals surface area contributed by atoms with Gasteiger partial charge in [0.1, 0.15) is 0 Å². The normalized spacial score (nSPS) is 13.8. The molecule has 1 N–H and O–H groups in total. The van der Waals surface area contributed by atoms with Gasteiger partial charge in [-0.05, 0) is 25.7 Å². The van der Waals surface area contributed by atoms with Crippen LogP contribution in [0.5, 0.6) is 0 Å². The Morgan fingerprint density at radius 1 is 0.621 bits per heavy atom. The Kier molecular flexibility index (Phi) is 24.4. The summed E-state index contributed by atoms with van der Waals surface area (Å²) in [5, 5.41) is 9.13. The molecule has 0 aromatic carbocycles. The summed E-state index contributed by atoms with van der Waals surface area (Å²) >= 11 is 0. The van der Waals surface area contributed by atoms with Crippen molar-refractivity contribution in [2.24, 2.45) is 0 Å². The van der Waals surface area contributed by atoms with E-state index >= 15 is 0 Å². The van der Waals surface area contributed by atoms with Gasteiger partial charge in [0.2, 0.25) is 0 Å². The van der Waals surface area contributed by atoms with E-state index in [0.29, 0.717) is 12.8 Å². The molecule has 0 saturated carbocycles. The van der Waals surface area contributed by atoms with E-state index in [-0.39, 0.29) is 35.7 Å². The van der Waals surface area contributed by atoms with Crippen LogP contribution in [-0.2, 0) is 10.1 Å². The van der Waals surface area contributed by atoms with Crippen molar-refractivity contribution in [3.63, 3.8) is 0 Å². The first-order valence-electron chi connectivity index (χ1n) is 12.0. The van der Waals surface area contributed by atoms with Crippen molar-refractivity contribution in [3.8, 4) is 0 Å². The molecule has 170 valence electrons. The number of hydrogen-bond donors (Lipinski definition) is 1. The maximum atomic E-state index is 11.5. The zero-order chi connectivity index (χ0) is 21.1. The Morgan fingerprint density at radius 3 is 1.38 bits per heavy atom. The second-order valence-electron chi connectivity index (χ2n) is 8.52. The molecule has 0 aromatic rings. The van der Waals surface area contributed by atoms with Crippen molar-refractivity contribution >= 4 is 10.1 Å². The van der Waals surface area contributed by atoms with Gasteiger partial charge in [0.05, 0.1) is 16.2 Å². The maximum absolute atomic E-state index is 11.5. The van der Waals surface area contributed by atoms with Gasteiger partial charge in [-0.15, -0.1) is 0 Å². The Morgan fingerprint density at radius 2 is 0.966 bits per heavy atom. The molecule has 0 heterocycles. The molecule has 0 fully saturated rings. The first-order valence-corrected chi connectivity index (χ1v) is 13.5. The molecule has 0 aliphatic rings. The van der Waals surface area contributed by atoms with Gasteiger partial charge >= 0.3 is 29.6 Å². The van der Waals surface area contributed by atoms with E-state index in [4.69, 9.17) is 0 Å². The third-order valence-electron chi connectivity index (χ3n) is 5.74. The van der Waals surface area contributed by atoms with Gasteiger partial charge in [-0.1, -0.05) is 110 Å². The summed E-state index contributed by atoms with van der Waals surface area (Å²) in [5.74, 6) is 0. The second kappa shape index (κ2) is 22.1. The van der Waals surface area contributed by atoms with E-state index in [2.05, 4.69) is 13.8 Å². The van der Waals surface area contributed by atoms with E-state index < -0.39 is 15.4 Å². The standard InChI is InChI=1S/C23H48O4S.Na/c1-3-5-7-8-9-13-16-20-23(28(25,26)27)21-17-14-11-10-12-15-19-22(24)18-6-4-2;/h22-24H,3-21H2,1-2H3,(H,25,26,27);/q;+1/p-1. The Hall–Kier alpha value is 0.870. The predicted octanol–water partition coefficient (Wildman–Crippen LogP) is 3.72. The van der Waals surface area contributed by atoms with Gasteiger partial charge in [0, 0.05) is 5.25 Å². The predicted molar refractivity (Wildman–Crippen MR) is 119 cm³/mol.